The lowest BCUT2D eigenvalue weighted by atomic mass is 9.91. The van der Waals surface area contributed by atoms with Crippen LogP contribution in [0.1, 0.15) is 31.4 Å². The van der Waals surface area contributed by atoms with Crippen LogP contribution in [0.3, 0.4) is 0 Å². The molecule has 2 aromatic carbocycles. The maximum atomic E-state index is 13.0. The van der Waals surface area contributed by atoms with E-state index in [0.29, 0.717) is 11.3 Å². The highest BCUT2D eigenvalue weighted by Crippen LogP contribution is 2.29. The Hall–Kier alpha value is -3.24. The summed E-state index contributed by atoms with van der Waals surface area (Å²) in [5.41, 5.74) is 0.868. The van der Waals surface area contributed by atoms with Gasteiger partial charge in [-0.2, -0.15) is 0 Å². The van der Waals surface area contributed by atoms with Crippen LogP contribution in [-0.4, -0.2) is 56.1 Å². The monoisotopic (exact) mass is 472 g/mol. The van der Waals surface area contributed by atoms with E-state index in [-0.39, 0.29) is 4.90 Å². The summed E-state index contributed by atoms with van der Waals surface area (Å²) in [5.74, 6) is -1.09. The Morgan fingerprint density at radius 1 is 1.06 bits per heavy atom. The van der Waals surface area contributed by atoms with E-state index in [1.165, 1.54) is 38.4 Å². The maximum Gasteiger partial charge on any atom is 0.325 e. The van der Waals surface area contributed by atoms with Crippen LogP contribution in [-0.2, 0) is 31.6 Å². The second kappa shape index (κ2) is 9.32. The Balaban J connectivity index is 1.69. The SMILES string of the molecule is CCCc1ccc([C@]2(C)NC(=O)N(CC(=O)Nc3ccc(S(=O)(=O)N(C)C)cc3)C2=O)cc1. The summed E-state index contributed by atoms with van der Waals surface area (Å²) in [6.45, 7) is 3.23. The first-order valence-electron chi connectivity index (χ1n) is 10.5. The van der Waals surface area contributed by atoms with E-state index < -0.39 is 40.0 Å². The highest BCUT2D eigenvalue weighted by atomic mass is 32.2. The zero-order chi connectivity index (χ0) is 24.4. The number of nitrogens with zero attached hydrogens (tertiary/aromatic N) is 2. The minimum atomic E-state index is -3.59. The average molecular weight is 473 g/mol. The number of rotatable bonds is 8. The number of hydrogen-bond donors (Lipinski definition) is 2. The predicted molar refractivity (Wildman–Crippen MR) is 124 cm³/mol. The first-order chi connectivity index (χ1) is 15.5. The van der Waals surface area contributed by atoms with Crippen LogP contribution >= 0.6 is 0 Å². The van der Waals surface area contributed by atoms with E-state index in [1.807, 2.05) is 24.3 Å². The molecule has 1 aliphatic heterocycles. The highest BCUT2D eigenvalue weighted by Gasteiger charge is 2.49. The Labute approximate surface area is 193 Å². The minimum Gasteiger partial charge on any atom is -0.325 e. The van der Waals surface area contributed by atoms with Gasteiger partial charge in [0.2, 0.25) is 15.9 Å². The second-order valence-corrected chi connectivity index (χ2v) is 10.4. The number of urea groups is 1. The Morgan fingerprint density at radius 2 is 1.67 bits per heavy atom. The molecule has 0 spiro atoms. The number of amides is 4. The van der Waals surface area contributed by atoms with E-state index in [2.05, 4.69) is 17.6 Å². The smallest absolute Gasteiger partial charge is 0.325 e. The molecule has 0 unspecified atom stereocenters. The standard InChI is InChI=1S/C23H28N4O5S/c1-5-6-16-7-9-17(10-8-16)23(2)21(29)27(22(30)25-23)15-20(28)24-18-11-13-19(14-12-18)33(31,32)26(3)4/h7-14H,5-6,15H2,1-4H3,(H,24,28)(H,25,30)/t23-/m0/s1. The Morgan fingerprint density at radius 3 is 2.21 bits per heavy atom. The van der Waals surface area contributed by atoms with Crippen molar-refractivity contribution in [2.24, 2.45) is 0 Å². The molecule has 3 rings (SSSR count). The zero-order valence-corrected chi connectivity index (χ0v) is 19.9. The highest BCUT2D eigenvalue weighted by molar-refractivity contribution is 7.89. The van der Waals surface area contributed by atoms with Gasteiger partial charge in [-0.3, -0.25) is 14.5 Å². The molecule has 1 aliphatic rings. The molecule has 0 bridgehead atoms. The number of benzene rings is 2. The maximum absolute atomic E-state index is 13.0. The van der Waals surface area contributed by atoms with E-state index in [0.717, 1.165) is 27.6 Å². The fraction of sp³-hybridized carbons (Fsp3) is 0.348. The fourth-order valence-electron chi connectivity index (χ4n) is 3.59. The van der Waals surface area contributed by atoms with Gasteiger partial charge < -0.3 is 10.6 Å². The molecule has 2 N–H and O–H groups in total. The Bertz CT molecular complexity index is 1160. The van der Waals surface area contributed by atoms with Gasteiger partial charge in [0.1, 0.15) is 12.1 Å². The number of anilines is 1. The van der Waals surface area contributed by atoms with Crippen molar-refractivity contribution in [2.75, 3.05) is 26.0 Å². The molecule has 176 valence electrons. The molecule has 1 saturated heterocycles. The van der Waals surface area contributed by atoms with Crippen LogP contribution in [0.25, 0.3) is 0 Å². The molecular formula is C23H28N4O5S. The van der Waals surface area contributed by atoms with Crippen molar-refractivity contribution in [3.05, 3.63) is 59.7 Å². The van der Waals surface area contributed by atoms with Crippen LogP contribution in [0.4, 0.5) is 10.5 Å². The molecule has 2 aromatic rings. The third-order valence-electron chi connectivity index (χ3n) is 5.56. The van der Waals surface area contributed by atoms with Crippen LogP contribution in [0.2, 0.25) is 0 Å². The molecular weight excluding hydrogens is 444 g/mol. The summed E-state index contributed by atoms with van der Waals surface area (Å²) in [6, 6.07) is 12.5. The van der Waals surface area contributed by atoms with Crippen molar-refractivity contribution >= 4 is 33.6 Å². The molecule has 10 heteroatoms. The normalized spacial score (nSPS) is 18.5. The molecule has 0 aliphatic carbocycles. The van der Waals surface area contributed by atoms with Crippen LogP contribution < -0.4 is 10.6 Å². The lowest BCUT2D eigenvalue weighted by molar-refractivity contribution is -0.133. The fourth-order valence-corrected chi connectivity index (χ4v) is 4.50. The van der Waals surface area contributed by atoms with Crippen LogP contribution in [0.5, 0.6) is 0 Å². The number of imide groups is 1. The molecule has 0 radical (unpaired) electrons. The summed E-state index contributed by atoms with van der Waals surface area (Å²) < 4.78 is 25.4. The number of hydrogen-bond acceptors (Lipinski definition) is 5. The molecule has 1 fully saturated rings. The molecule has 0 saturated carbocycles. The number of carbonyl (C=O) groups is 3. The first kappa shape index (κ1) is 24.4. The average Bonchev–Trinajstić information content (AvgIpc) is 2.98. The van der Waals surface area contributed by atoms with E-state index in [1.54, 1.807) is 6.92 Å². The van der Waals surface area contributed by atoms with Crippen molar-refractivity contribution in [3.8, 4) is 0 Å². The van der Waals surface area contributed by atoms with Crippen molar-refractivity contribution < 1.29 is 22.8 Å². The van der Waals surface area contributed by atoms with E-state index >= 15 is 0 Å². The molecule has 4 amide bonds. The van der Waals surface area contributed by atoms with Crippen LogP contribution in [0.15, 0.2) is 53.4 Å². The molecule has 0 aromatic heterocycles. The third kappa shape index (κ3) is 4.91. The summed E-state index contributed by atoms with van der Waals surface area (Å²) in [5, 5.41) is 5.27. The Kier molecular flexibility index (Phi) is 6.89. The molecule has 1 heterocycles. The van der Waals surface area contributed by atoms with Crippen molar-refractivity contribution in [1.29, 1.82) is 0 Å². The van der Waals surface area contributed by atoms with E-state index in [4.69, 9.17) is 0 Å². The van der Waals surface area contributed by atoms with Gasteiger partial charge >= 0.3 is 6.03 Å². The lowest BCUT2D eigenvalue weighted by Gasteiger charge is -2.22. The van der Waals surface area contributed by atoms with Crippen LogP contribution in [0, 0.1) is 0 Å². The number of sulfonamides is 1. The largest absolute Gasteiger partial charge is 0.325 e. The second-order valence-electron chi connectivity index (χ2n) is 8.25. The third-order valence-corrected chi connectivity index (χ3v) is 7.39. The van der Waals surface area contributed by atoms with Gasteiger partial charge in [0.15, 0.2) is 0 Å². The topological polar surface area (TPSA) is 116 Å². The van der Waals surface area contributed by atoms with Crippen molar-refractivity contribution in [1.82, 2.24) is 14.5 Å². The summed E-state index contributed by atoms with van der Waals surface area (Å²) in [4.78, 5) is 39.0. The first-order valence-corrected chi connectivity index (χ1v) is 12.0. The van der Waals surface area contributed by atoms with Gasteiger partial charge in [0, 0.05) is 19.8 Å². The van der Waals surface area contributed by atoms with Gasteiger partial charge in [0.05, 0.1) is 4.90 Å². The van der Waals surface area contributed by atoms with E-state index in [9.17, 15) is 22.8 Å². The summed E-state index contributed by atoms with van der Waals surface area (Å²) in [7, 11) is -0.732. The summed E-state index contributed by atoms with van der Waals surface area (Å²) >= 11 is 0. The molecule has 33 heavy (non-hydrogen) atoms. The van der Waals surface area contributed by atoms with Gasteiger partial charge in [-0.25, -0.2) is 17.5 Å². The zero-order valence-electron chi connectivity index (χ0n) is 19.1. The predicted octanol–water partition coefficient (Wildman–Crippen LogP) is 2.30. The molecule has 9 nitrogen and oxygen atoms in total. The van der Waals surface area contributed by atoms with Gasteiger partial charge in [0.25, 0.3) is 5.91 Å². The number of aryl methyl sites for hydroxylation is 1. The number of carbonyl (C=O) groups excluding carboxylic acids is 3. The van der Waals surface area contributed by atoms with Gasteiger partial charge in [-0.05, 0) is 48.7 Å². The van der Waals surface area contributed by atoms with Gasteiger partial charge in [-0.15, -0.1) is 0 Å². The minimum absolute atomic E-state index is 0.0836. The number of nitrogens with one attached hydrogen (secondary N) is 2. The van der Waals surface area contributed by atoms with Crippen molar-refractivity contribution in [2.45, 2.75) is 37.1 Å². The summed E-state index contributed by atoms with van der Waals surface area (Å²) in [6.07, 6.45) is 1.93. The van der Waals surface area contributed by atoms with Gasteiger partial charge in [-0.1, -0.05) is 37.6 Å². The lowest BCUT2D eigenvalue weighted by Crippen LogP contribution is -2.42. The quantitative estimate of drug-likeness (QED) is 0.572. The van der Waals surface area contributed by atoms with Crippen molar-refractivity contribution in [3.63, 3.8) is 0 Å². The molecule has 1 atom stereocenters.